The molecule has 0 aromatic heterocycles. The van der Waals surface area contributed by atoms with Crippen LogP contribution in [-0.4, -0.2) is 50.7 Å². The fraction of sp³-hybridized carbons (Fsp3) is 0.938. The van der Waals surface area contributed by atoms with Gasteiger partial charge in [0.2, 0.25) is 0 Å². The fourth-order valence-corrected chi connectivity index (χ4v) is 2.05. The lowest BCUT2D eigenvalue weighted by molar-refractivity contribution is -0.143. The number of carbonyl (C=O) groups is 1. The van der Waals surface area contributed by atoms with E-state index in [1.54, 1.807) is 0 Å². The van der Waals surface area contributed by atoms with Crippen LogP contribution in [0.2, 0.25) is 0 Å². The van der Waals surface area contributed by atoms with Crippen molar-refractivity contribution in [2.45, 2.75) is 53.0 Å². The second kappa shape index (κ2) is 11.1. The molecule has 0 aliphatic carbocycles. The molecule has 0 saturated heterocycles. The van der Waals surface area contributed by atoms with E-state index in [2.05, 4.69) is 37.9 Å². The number of ether oxygens (including phenoxy) is 1. The lowest BCUT2D eigenvalue weighted by Gasteiger charge is -2.25. The van der Waals surface area contributed by atoms with E-state index in [9.17, 15) is 4.79 Å². The van der Waals surface area contributed by atoms with E-state index in [0.29, 0.717) is 0 Å². The Hall–Kier alpha value is -0.610. The van der Waals surface area contributed by atoms with Gasteiger partial charge in [-0.05, 0) is 51.2 Å². The molecule has 120 valence electrons. The lowest BCUT2D eigenvalue weighted by Crippen LogP contribution is -2.39. The number of nitrogens with zero attached hydrogens (tertiary/aromatic N) is 1. The molecule has 1 N–H and O–H groups in total. The van der Waals surface area contributed by atoms with Crippen molar-refractivity contribution in [3.8, 4) is 0 Å². The summed E-state index contributed by atoms with van der Waals surface area (Å²) >= 11 is 0. The highest BCUT2D eigenvalue weighted by molar-refractivity contribution is 5.75. The molecule has 0 saturated carbocycles. The molecular formula is C16H34N2O2. The zero-order valence-electron chi connectivity index (χ0n) is 14.2. The quantitative estimate of drug-likeness (QED) is 0.593. The van der Waals surface area contributed by atoms with Gasteiger partial charge >= 0.3 is 5.97 Å². The first kappa shape index (κ1) is 19.4. The maximum absolute atomic E-state index is 11.6. The van der Waals surface area contributed by atoms with Crippen molar-refractivity contribution in [1.82, 2.24) is 10.2 Å². The first-order valence-corrected chi connectivity index (χ1v) is 7.88. The van der Waals surface area contributed by atoms with E-state index in [4.69, 9.17) is 4.74 Å². The number of hydrogen-bond donors (Lipinski definition) is 1. The molecule has 0 fully saturated rings. The minimum Gasteiger partial charge on any atom is -0.468 e. The van der Waals surface area contributed by atoms with Crippen LogP contribution in [0.3, 0.4) is 0 Å². The molecule has 4 heteroatoms. The minimum absolute atomic E-state index is 0.167. The normalized spacial score (nSPS) is 13.2. The number of esters is 1. The Bertz CT molecular complexity index is 243. The summed E-state index contributed by atoms with van der Waals surface area (Å²) in [6.07, 6.45) is 3.22. The largest absolute Gasteiger partial charge is 0.468 e. The Kier molecular flexibility index (Phi) is 10.8. The molecule has 0 aliphatic heterocycles. The smallest absolute Gasteiger partial charge is 0.322 e. The van der Waals surface area contributed by atoms with Crippen LogP contribution < -0.4 is 5.32 Å². The molecule has 0 radical (unpaired) electrons. The number of nitrogens with one attached hydrogen (secondary N) is 1. The molecular weight excluding hydrogens is 252 g/mol. The summed E-state index contributed by atoms with van der Waals surface area (Å²) in [6.45, 7) is 12.2. The summed E-state index contributed by atoms with van der Waals surface area (Å²) in [6, 6.07) is -0.194. The maximum atomic E-state index is 11.6. The highest BCUT2D eigenvalue weighted by Gasteiger charge is 2.18. The number of rotatable bonds is 11. The van der Waals surface area contributed by atoms with E-state index >= 15 is 0 Å². The Labute approximate surface area is 125 Å². The molecule has 0 aliphatic rings. The van der Waals surface area contributed by atoms with Gasteiger partial charge in [0.05, 0.1) is 7.11 Å². The van der Waals surface area contributed by atoms with Crippen molar-refractivity contribution >= 4 is 5.97 Å². The van der Waals surface area contributed by atoms with Gasteiger partial charge in [0.1, 0.15) is 6.04 Å². The standard InChI is InChI=1S/C16H34N2O2/c1-13(2)7-10-18(11-8-14(3)4)12-9-15(17-5)16(19)20-6/h13-15,17H,7-12H2,1-6H3. The highest BCUT2D eigenvalue weighted by Crippen LogP contribution is 2.08. The molecule has 1 unspecified atom stereocenters. The van der Waals surface area contributed by atoms with Crippen LogP contribution in [0.15, 0.2) is 0 Å². The Morgan fingerprint density at radius 3 is 1.80 bits per heavy atom. The molecule has 0 rings (SSSR count). The van der Waals surface area contributed by atoms with Crippen LogP contribution in [0.5, 0.6) is 0 Å². The summed E-state index contributed by atoms with van der Waals surface area (Å²) < 4.78 is 4.81. The third-order valence-corrected chi connectivity index (χ3v) is 3.61. The average Bonchev–Trinajstić information content (AvgIpc) is 2.40. The van der Waals surface area contributed by atoms with Gasteiger partial charge in [0, 0.05) is 6.54 Å². The fourth-order valence-electron chi connectivity index (χ4n) is 2.05. The maximum Gasteiger partial charge on any atom is 0.322 e. The second-order valence-corrected chi connectivity index (χ2v) is 6.36. The molecule has 1 atom stereocenters. The van der Waals surface area contributed by atoms with Crippen molar-refractivity contribution in [2.24, 2.45) is 11.8 Å². The Morgan fingerprint density at radius 1 is 1.00 bits per heavy atom. The third kappa shape index (κ3) is 9.32. The van der Waals surface area contributed by atoms with Gasteiger partial charge in [-0.1, -0.05) is 27.7 Å². The van der Waals surface area contributed by atoms with Gasteiger partial charge in [-0.2, -0.15) is 0 Å². The Morgan fingerprint density at radius 2 is 1.45 bits per heavy atom. The first-order valence-electron chi connectivity index (χ1n) is 7.88. The average molecular weight is 286 g/mol. The van der Waals surface area contributed by atoms with Crippen LogP contribution in [0.1, 0.15) is 47.0 Å². The van der Waals surface area contributed by atoms with Gasteiger partial charge in [-0.25, -0.2) is 0 Å². The van der Waals surface area contributed by atoms with E-state index < -0.39 is 0 Å². The highest BCUT2D eigenvalue weighted by atomic mass is 16.5. The van der Waals surface area contributed by atoms with Crippen molar-refractivity contribution in [2.75, 3.05) is 33.8 Å². The van der Waals surface area contributed by atoms with E-state index in [-0.39, 0.29) is 12.0 Å². The number of methoxy groups -OCH3 is 1. The first-order chi connectivity index (χ1) is 9.40. The molecule has 0 spiro atoms. The predicted octanol–water partition coefficient (Wildman–Crippen LogP) is 2.53. The minimum atomic E-state index is -0.194. The van der Waals surface area contributed by atoms with Gasteiger partial charge in [0.25, 0.3) is 0 Å². The Balaban J connectivity index is 4.27. The van der Waals surface area contributed by atoms with E-state index in [1.807, 2.05) is 7.05 Å². The van der Waals surface area contributed by atoms with Gasteiger partial charge in [0.15, 0.2) is 0 Å². The molecule has 0 heterocycles. The van der Waals surface area contributed by atoms with Gasteiger partial charge in [-0.15, -0.1) is 0 Å². The van der Waals surface area contributed by atoms with E-state index in [1.165, 1.54) is 20.0 Å². The zero-order valence-corrected chi connectivity index (χ0v) is 14.2. The molecule has 0 bridgehead atoms. The zero-order chi connectivity index (χ0) is 15.5. The third-order valence-electron chi connectivity index (χ3n) is 3.61. The summed E-state index contributed by atoms with van der Waals surface area (Å²) in [4.78, 5) is 14.1. The monoisotopic (exact) mass is 286 g/mol. The van der Waals surface area contributed by atoms with Crippen molar-refractivity contribution < 1.29 is 9.53 Å². The summed E-state index contributed by atoms with van der Waals surface area (Å²) in [5, 5.41) is 3.04. The van der Waals surface area contributed by atoms with Gasteiger partial charge < -0.3 is 15.0 Å². The molecule has 0 aromatic rings. The van der Waals surface area contributed by atoms with Crippen LogP contribution in [0.4, 0.5) is 0 Å². The van der Waals surface area contributed by atoms with Crippen LogP contribution in [-0.2, 0) is 9.53 Å². The van der Waals surface area contributed by atoms with E-state index in [0.717, 1.165) is 37.9 Å². The summed E-state index contributed by atoms with van der Waals surface area (Å²) in [5.74, 6) is 1.27. The second-order valence-electron chi connectivity index (χ2n) is 6.36. The topological polar surface area (TPSA) is 41.6 Å². The van der Waals surface area contributed by atoms with Crippen LogP contribution in [0, 0.1) is 11.8 Å². The predicted molar refractivity (Wildman–Crippen MR) is 84.8 cm³/mol. The molecule has 4 nitrogen and oxygen atoms in total. The van der Waals surface area contributed by atoms with Crippen molar-refractivity contribution in [3.05, 3.63) is 0 Å². The van der Waals surface area contributed by atoms with Crippen molar-refractivity contribution in [3.63, 3.8) is 0 Å². The van der Waals surface area contributed by atoms with Crippen LogP contribution >= 0.6 is 0 Å². The molecule has 0 amide bonds. The summed E-state index contributed by atoms with van der Waals surface area (Å²) in [5.41, 5.74) is 0. The number of hydrogen-bond acceptors (Lipinski definition) is 4. The molecule has 0 aromatic carbocycles. The lowest BCUT2D eigenvalue weighted by atomic mass is 10.1. The number of likely N-dealkylation sites (N-methyl/N-ethyl adjacent to an activating group) is 1. The van der Waals surface area contributed by atoms with Gasteiger partial charge in [-0.3, -0.25) is 4.79 Å². The van der Waals surface area contributed by atoms with Crippen molar-refractivity contribution in [1.29, 1.82) is 0 Å². The van der Waals surface area contributed by atoms with Crippen LogP contribution in [0.25, 0.3) is 0 Å². The SMILES string of the molecule is CNC(CCN(CCC(C)C)CCC(C)C)C(=O)OC. The molecule has 20 heavy (non-hydrogen) atoms. The summed E-state index contributed by atoms with van der Waals surface area (Å²) in [7, 11) is 3.26. The number of carbonyl (C=O) groups excluding carboxylic acids is 1.